The Morgan fingerprint density at radius 2 is 2.25 bits per heavy atom. The molecule has 0 amide bonds. The highest BCUT2D eigenvalue weighted by molar-refractivity contribution is 5.64. The average Bonchev–Trinajstić information content (AvgIpc) is 1.96. The van der Waals surface area contributed by atoms with E-state index in [1.165, 1.54) is 16.8 Å². The summed E-state index contributed by atoms with van der Waals surface area (Å²) in [5, 5.41) is 17.5. The highest BCUT2D eigenvalue weighted by Gasteiger charge is 2.11. The van der Waals surface area contributed by atoms with E-state index >= 15 is 0 Å². The maximum atomic E-state index is 10.3. The van der Waals surface area contributed by atoms with Gasteiger partial charge in [0.2, 0.25) is 12.7 Å². The van der Waals surface area contributed by atoms with Crippen molar-refractivity contribution < 1.29 is 19.6 Å². The summed E-state index contributed by atoms with van der Waals surface area (Å²) in [7, 11) is 0. The van der Waals surface area contributed by atoms with Gasteiger partial charge in [-0.25, -0.2) is 4.79 Å². The first-order valence-electron chi connectivity index (χ1n) is 3.50. The summed E-state index contributed by atoms with van der Waals surface area (Å²) in [6.45, 7) is 1.66. The van der Waals surface area contributed by atoms with Crippen molar-refractivity contribution in [2.45, 2.75) is 13.5 Å². The van der Waals surface area contributed by atoms with Crippen LogP contribution in [0, 0.1) is 6.92 Å². The van der Waals surface area contributed by atoms with Gasteiger partial charge in [0, 0.05) is 13.0 Å². The topological polar surface area (TPSA) is 61.4 Å². The molecule has 0 saturated carbocycles. The van der Waals surface area contributed by atoms with Crippen LogP contribution in [0.25, 0.3) is 0 Å². The number of hydrogen-bond donors (Lipinski definition) is 2. The molecule has 12 heavy (non-hydrogen) atoms. The van der Waals surface area contributed by atoms with Crippen LogP contribution in [0.5, 0.6) is 5.75 Å². The fourth-order valence-electron chi connectivity index (χ4n) is 0.922. The maximum Gasteiger partial charge on any atom is 0.370 e. The second kappa shape index (κ2) is 3.21. The normalized spacial score (nSPS) is 9.75. The second-order valence-corrected chi connectivity index (χ2v) is 2.55. The molecule has 1 aromatic heterocycles. The van der Waals surface area contributed by atoms with Gasteiger partial charge < -0.3 is 10.2 Å². The van der Waals surface area contributed by atoms with E-state index in [1.54, 1.807) is 13.0 Å². The van der Waals surface area contributed by atoms with Gasteiger partial charge in [0.25, 0.3) is 0 Å². The predicted molar refractivity (Wildman–Crippen MR) is 40.7 cm³/mol. The molecule has 0 aliphatic carbocycles. The number of aryl methyl sites for hydroxylation is 1. The number of carboxylic acid groups (broad SMARTS) is 1. The van der Waals surface area contributed by atoms with Crippen LogP contribution in [0.1, 0.15) is 5.69 Å². The van der Waals surface area contributed by atoms with E-state index < -0.39 is 5.97 Å². The molecular weight excluding hydrogens is 158 g/mol. The molecule has 1 aromatic rings. The van der Waals surface area contributed by atoms with Crippen molar-refractivity contribution in [3.63, 3.8) is 0 Å². The fraction of sp³-hybridized carbons (Fsp3) is 0.250. The van der Waals surface area contributed by atoms with Gasteiger partial charge >= 0.3 is 5.97 Å². The van der Waals surface area contributed by atoms with Crippen LogP contribution in [-0.4, -0.2) is 16.2 Å². The largest absolute Gasteiger partial charge is 0.503 e. The molecule has 64 valence electrons. The van der Waals surface area contributed by atoms with Crippen molar-refractivity contribution in [3.8, 4) is 5.75 Å². The molecule has 0 bridgehead atoms. The lowest BCUT2D eigenvalue weighted by Gasteiger charge is -1.96. The van der Waals surface area contributed by atoms with Crippen molar-refractivity contribution in [2.75, 3.05) is 0 Å². The van der Waals surface area contributed by atoms with Crippen LogP contribution in [0.3, 0.4) is 0 Å². The maximum absolute atomic E-state index is 10.3. The van der Waals surface area contributed by atoms with E-state index in [0.29, 0.717) is 0 Å². The molecule has 0 aliphatic heterocycles. The summed E-state index contributed by atoms with van der Waals surface area (Å²) in [4.78, 5) is 10.3. The Hall–Kier alpha value is -1.58. The Kier molecular flexibility index (Phi) is 2.28. The number of carboxylic acids is 1. The first-order valence-corrected chi connectivity index (χ1v) is 3.50. The molecule has 0 spiro atoms. The van der Waals surface area contributed by atoms with Crippen molar-refractivity contribution in [2.24, 2.45) is 0 Å². The van der Waals surface area contributed by atoms with Gasteiger partial charge in [-0.2, -0.15) is 4.57 Å². The zero-order chi connectivity index (χ0) is 9.14. The summed E-state index contributed by atoms with van der Waals surface area (Å²) in [5.41, 5.74) is 0.801. The smallest absolute Gasteiger partial charge is 0.370 e. The Bertz CT molecular complexity index is 309. The molecule has 0 saturated heterocycles. The first kappa shape index (κ1) is 8.52. The Balaban J connectivity index is 2.97. The number of carbonyl (C=O) groups is 1. The van der Waals surface area contributed by atoms with Gasteiger partial charge in [-0.05, 0) is 6.07 Å². The number of hydrogen-bond acceptors (Lipinski definition) is 2. The third kappa shape index (κ3) is 1.95. The van der Waals surface area contributed by atoms with Gasteiger partial charge in [-0.1, -0.05) is 0 Å². The Labute approximate surface area is 69.7 Å². The summed E-state index contributed by atoms with van der Waals surface area (Å²) in [6.07, 6.45) is 1.39. The molecular formula is C8H10NO3+. The minimum Gasteiger partial charge on any atom is -0.503 e. The SMILES string of the molecule is Cc1ccc(O)c[n+]1CC(=O)O. The van der Waals surface area contributed by atoms with Crippen molar-refractivity contribution in [3.05, 3.63) is 24.0 Å². The van der Waals surface area contributed by atoms with Crippen LogP contribution < -0.4 is 4.57 Å². The quantitative estimate of drug-likeness (QED) is 0.614. The number of pyridine rings is 1. The third-order valence-electron chi connectivity index (χ3n) is 1.54. The van der Waals surface area contributed by atoms with Crippen LogP contribution in [0.15, 0.2) is 18.3 Å². The third-order valence-corrected chi connectivity index (χ3v) is 1.54. The number of aromatic nitrogens is 1. The van der Waals surface area contributed by atoms with Crippen LogP contribution in [-0.2, 0) is 11.3 Å². The lowest BCUT2D eigenvalue weighted by atomic mass is 10.3. The minimum absolute atomic E-state index is 0.0712. The molecule has 0 unspecified atom stereocenters. The first-order chi connectivity index (χ1) is 5.59. The lowest BCUT2D eigenvalue weighted by molar-refractivity contribution is -0.692. The van der Waals surface area contributed by atoms with Crippen LogP contribution in [0.2, 0.25) is 0 Å². The molecule has 0 aromatic carbocycles. The van der Waals surface area contributed by atoms with Crippen molar-refractivity contribution >= 4 is 5.97 Å². The molecule has 1 rings (SSSR count). The Morgan fingerprint density at radius 3 is 2.83 bits per heavy atom. The fourth-order valence-corrected chi connectivity index (χ4v) is 0.922. The minimum atomic E-state index is -0.922. The van der Waals surface area contributed by atoms with Crippen LogP contribution in [0.4, 0.5) is 0 Å². The lowest BCUT2D eigenvalue weighted by Crippen LogP contribution is -2.40. The van der Waals surface area contributed by atoms with Gasteiger partial charge in [-0.15, -0.1) is 0 Å². The van der Waals surface area contributed by atoms with E-state index in [4.69, 9.17) is 10.2 Å². The molecule has 0 atom stereocenters. The van der Waals surface area contributed by atoms with Crippen molar-refractivity contribution in [1.82, 2.24) is 0 Å². The monoisotopic (exact) mass is 168 g/mol. The number of aliphatic carboxylic acids is 1. The zero-order valence-electron chi connectivity index (χ0n) is 6.69. The molecule has 1 heterocycles. The molecule has 0 radical (unpaired) electrons. The number of rotatable bonds is 2. The Morgan fingerprint density at radius 1 is 1.58 bits per heavy atom. The van der Waals surface area contributed by atoms with E-state index in [0.717, 1.165) is 5.69 Å². The second-order valence-electron chi connectivity index (χ2n) is 2.55. The molecule has 0 fully saturated rings. The molecule has 4 heteroatoms. The molecule has 2 N–H and O–H groups in total. The van der Waals surface area contributed by atoms with E-state index in [9.17, 15) is 4.79 Å². The van der Waals surface area contributed by atoms with E-state index in [1.807, 2.05) is 0 Å². The predicted octanol–water partition coefficient (Wildman–Crippen LogP) is 0.0727. The standard InChI is InChI=1S/C8H9NO3/c1-6-2-3-7(10)4-9(6)5-8(11)12/h2-4H,5H2,1H3,(H-,10,11,12)/p+1. The number of nitrogens with zero attached hydrogens (tertiary/aromatic N) is 1. The van der Waals surface area contributed by atoms with Gasteiger partial charge in [0.15, 0.2) is 11.4 Å². The van der Waals surface area contributed by atoms with Gasteiger partial charge in [0.1, 0.15) is 0 Å². The zero-order valence-corrected chi connectivity index (χ0v) is 6.69. The number of aromatic hydroxyl groups is 1. The average molecular weight is 168 g/mol. The van der Waals surface area contributed by atoms with Crippen molar-refractivity contribution in [1.29, 1.82) is 0 Å². The van der Waals surface area contributed by atoms with Gasteiger partial charge in [0.05, 0.1) is 0 Å². The highest BCUT2D eigenvalue weighted by Crippen LogP contribution is 2.03. The summed E-state index contributed by atoms with van der Waals surface area (Å²) < 4.78 is 1.47. The summed E-state index contributed by atoms with van der Waals surface area (Å²) in [6, 6.07) is 3.19. The summed E-state index contributed by atoms with van der Waals surface area (Å²) in [5.74, 6) is -0.851. The molecule has 4 nitrogen and oxygen atoms in total. The van der Waals surface area contributed by atoms with Crippen LogP contribution >= 0.6 is 0 Å². The highest BCUT2D eigenvalue weighted by atomic mass is 16.4. The molecule has 0 aliphatic rings. The van der Waals surface area contributed by atoms with E-state index in [2.05, 4.69) is 0 Å². The van der Waals surface area contributed by atoms with Gasteiger partial charge in [-0.3, -0.25) is 0 Å². The summed E-state index contributed by atoms with van der Waals surface area (Å²) >= 11 is 0. The van der Waals surface area contributed by atoms with E-state index in [-0.39, 0.29) is 12.3 Å².